The first kappa shape index (κ1) is 17.5. The number of aryl methyl sites for hydroxylation is 1. The summed E-state index contributed by atoms with van der Waals surface area (Å²) >= 11 is 8.98. The summed E-state index contributed by atoms with van der Waals surface area (Å²) in [4.78, 5) is 12.7. The molecule has 0 N–H and O–H groups in total. The summed E-state index contributed by atoms with van der Waals surface area (Å²) < 4.78 is 17.5. The number of fused-ring (bicyclic) bond motifs is 3. The van der Waals surface area contributed by atoms with E-state index in [0.717, 1.165) is 17.5 Å². The maximum absolute atomic E-state index is 13.2. The summed E-state index contributed by atoms with van der Waals surface area (Å²) in [5, 5.41) is 11.5. The third kappa shape index (κ3) is 2.91. The molecule has 134 valence electrons. The fourth-order valence-electron chi connectivity index (χ4n) is 2.80. The number of aromatic nitrogens is 4. The fraction of sp³-hybridized carbons (Fsp3) is 0.235. The molecule has 0 saturated carbocycles. The van der Waals surface area contributed by atoms with Crippen molar-refractivity contribution >= 4 is 50.7 Å². The van der Waals surface area contributed by atoms with Crippen molar-refractivity contribution in [3.63, 3.8) is 0 Å². The van der Waals surface area contributed by atoms with Gasteiger partial charge in [0, 0.05) is 17.3 Å². The average Bonchev–Trinajstić information content (AvgIpc) is 3.24. The van der Waals surface area contributed by atoms with Crippen LogP contribution in [-0.4, -0.2) is 19.2 Å². The van der Waals surface area contributed by atoms with E-state index in [1.54, 1.807) is 10.6 Å². The Hall–Kier alpha value is -1.90. The number of nitrogens with zero attached hydrogens (tertiary/aromatic N) is 4. The Morgan fingerprint density at radius 1 is 1.31 bits per heavy atom. The molecule has 0 aliphatic rings. The van der Waals surface area contributed by atoms with Crippen LogP contribution in [0.5, 0.6) is 0 Å². The van der Waals surface area contributed by atoms with Crippen LogP contribution in [0.15, 0.2) is 39.6 Å². The van der Waals surface area contributed by atoms with Crippen molar-refractivity contribution in [2.24, 2.45) is 0 Å². The molecule has 0 bridgehead atoms. The highest BCUT2D eigenvalue weighted by Gasteiger charge is 2.17. The monoisotopic (exact) mass is 408 g/mol. The SMILES string of the molecule is CCCn1c(=O)c2sccc2n2c(SCc3ccc(F)cc3Cl)nnc12. The molecule has 9 heteroatoms. The van der Waals surface area contributed by atoms with Crippen LogP contribution in [0.1, 0.15) is 18.9 Å². The highest BCUT2D eigenvalue weighted by Crippen LogP contribution is 2.29. The lowest BCUT2D eigenvalue weighted by Gasteiger charge is -2.08. The number of thiophene rings is 1. The Kier molecular flexibility index (Phi) is 4.73. The van der Waals surface area contributed by atoms with E-state index in [1.165, 1.54) is 35.2 Å². The summed E-state index contributed by atoms with van der Waals surface area (Å²) in [6.45, 7) is 2.60. The van der Waals surface area contributed by atoms with Gasteiger partial charge in [-0.15, -0.1) is 21.5 Å². The summed E-state index contributed by atoms with van der Waals surface area (Å²) in [5.41, 5.74) is 1.59. The van der Waals surface area contributed by atoms with Gasteiger partial charge in [0.1, 0.15) is 10.5 Å². The lowest BCUT2D eigenvalue weighted by Crippen LogP contribution is -2.22. The van der Waals surface area contributed by atoms with Crippen LogP contribution in [0.25, 0.3) is 16.0 Å². The molecular formula is C17H14ClFN4OS2. The number of thioether (sulfide) groups is 1. The van der Waals surface area contributed by atoms with Crippen molar-refractivity contribution in [1.82, 2.24) is 19.2 Å². The van der Waals surface area contributed by atoms with Crippen LogP contribution in [0.3, 0.4) is 0 Å². The van der Waals surface area contributed by atoms with E-state index in [9.17, 15) is 9.18 Å². The Morgan fingerprint density at radius 2 is 2.15 bits per heavy atom. The second-order valence-corrected chi connectivity index (χ2v) is 8.00. The molecule has 3 heterocycles. The molecule has 0 fully saturated rings. The van der Waals surface area contributed by atoms with E-state index in [1.807, 2.05) is 22.8 Å². The normalized spacial score (nSPS) is 11.7. The van der Waals surface area contributed by atoms with E-state index < -0.39 is 0 Å². The molecule has 4 aromatic rings. The quantitative estimate of drug-likeness (QED) is 0.453. The summed E-state index contributed by atoms with van der Waals surface area (Å²) in [6, 6.07) is 6.26. The van der Waals surface area contributed by atoms with Gasteiger partial charge in [-0.1, -0.05) is 36.4 Å². The Morgan fingerprint density at radius 3 is 2.92 bits per heavy atom. The molecule has 26 heavy (non-hydrogen) atoms. The van der Waals surface area contributed by atoms with Crippen molar-refractivity contribution < 1.29 is 4.39 Å². The predicted molar refractivity (Wildman–Crippen MR) is 104 cm³/mol. The fourth-order valence-corrected chi connectivity index (χ4v) is 4.88. The first-order valence-electron chi connectivity index (χ1n) is 8.02. The number of benzene rings is 1. The summed E-state index contributed by atoms with van der Waals surface area (Å²) in [5.74, 6) is 0.703. The highest BCUT2D eigenvalue weighted by atomic mass is 35.5. The molecule has 0 spiro atoms. The van der Waals surface area contributed by atoms with Crippen molar-refractivity contribution in [1.29, 1.82) is 0 Å². The average molecular weight is 409 g/mol. The zero-order valence-corrected chi connectivity index (χ0v) is 16.2. The lowest BCUT2D eigenvalue weighted by atomic mass is 10.2. The molecule has 0 atom stereocenters. The van der Waals surface area contributed by atoms with E-state index in [4.69, 9.17) is 11.6 Å². The minimum atomic E-state index is -0.361. The molecule has 5 nitrogen and oxygen atoms in total. The second-order valence-electron chi connectivity index (χ2n) is 5.73. The number of hydrogen-bond donors (Lipinski definition) is 0. The van der Waals surface area contributed by atoms with Crippen molar-refractivity contribution in [2.45, 2.75) is 30.8 Å². The van der Waals surface area contributed by atoms with Crippen molar-refractivity contribution in [3.8, 4) is 0 Å². The number of rotatable bonds is 5. The van der Waals surface area contributed by atoms with Crippen LogP contribution < -0.4 is 5.56 Å². The standard InChI is InChI=1S/C17H14ClFN4OS2/c1-2-6-22-15(24)14-13(5-7-25-14)23-16(22)20-21-17(23)26-9-10-3-4-11(19)8-12(10)18/h3-5,7-8H,2,6,9H2,1H3. The third-order valence-corrected chi connectivity index (χ3v) is 6.22. The van der Waals surface area contributed by atoms with Gasteiger partial charge in [0.2, 0.25) is 5.78 Å². The minimum absolute atomic E-state index is 0.0325. The summed E-state index contributed by atoms with van der Waals surface area (Å²) in [7, 11) is 0. The Bertz CT molecular complexity index is 1170. The van der Waals surface area contributed by atoms with Crippen LogP contribution in [-0.2, 0) is 12.3 Å². The van der Waals surface area contributed by atoms with Gasteiger partial charge in [0.25, 0.3) is 5.56 Å². The molecule has 4 rings (SSSR count). The van der Waals surface area contributed by atoms with Crippen molar-refractivity contribution in [2.75, 3.05) is 0 Å². The van der Waals surface area contributed by atoms with Gasteiger partial charge in [0.15, 0.2) is 5.16 Å². The molecule has 0 amide bonds. The Balaban J connectivity index is 1.80. The van der Waals surface area contributed by atoms with E-state index in [-0.39, 0.29) is 11.4 Å². The summed E-state index contributed by atoms with van der Waals surface area (Å²) in [6.07, 6.45) is 0.826. The first-order valence-corrected chi connectivity index (χ1v) is 10.3. The molecular weight excluding hydrogens is 395 g/mol. The van der Waals surface area contributed by atoms with Crippen LogP contribution in [0.4, 0.5) is 4.39 Å². The molecule has 0 radical (unpaired) electrons. The largest absolute Gasteiger partial charge is 0.276 e. The first-order chi connectivity index (χ1) is 12.6. The number of hydrogen-bond acceptors (Lipinski definition) is 5. The van der Waals surface area contributed by atoms with Gasteiger partial charge < -0.3 is 0 Å². The van der Waals surface area contributed by atoms with Crippen LogP contribution in [0.2, 0.25) is 5.02 Å². The Labute approximate surface area is 161 Å². The van der Waals surface area contributed by atoms with Gasteiger partial charge >= 0.3 is 0 Å². The molecule has 0 aliphatic carbocycles. The number of halogens is 2. The van der Waals surface area contributed by atoms with Crippen LogP contribution in [0, 0.1) is 5.82 Å². The van der Waals surface area contributed by atoms with Gasteiger partial charge in [-0.25, -0.2) is 4.39 Å². The zero-order valence-electron chi connectivity index (χ0n) is 13.8. The molecule has 0 unspecified atom stereocenters. The van der Waals surface area contributed by atoms with E-state index in [2.05, 4.69) is 10.2 Å². The van der Waals surface area contributed by atoms with Gasteiger partial charge in [-0.05, 0) is 35.6 Å². The maximum atomic E-state index is 13.2. The minimum Gasteiger partial charge on any atom is -0.276 e. The topological polar surface area (TPSA) is 52.2 Å². The zero-order chi connectivity index (χ0) is 18.3. The predicted octanol–water partition coefficient (Wildman–Crippen LogP) is 4.60. The highest BCUT2D eigenvalue weighted by molar-refractivity contribution is 7.98. The third-order valence-electron chi connectivity index (χ3n) is 4.00. The van der Waals surface area contributed by atoms with Crippen LogP contribution >= 0.6 is 34.7 Å². The van der Waals surface area contributed by atoms with Gasteiger partial charge in [-0.3, -0.25) is 13.8 Å². The molecule has 1 aromatic carbocycles. The van der Waals surface area contributed by atoms with Gasteiger partial charge in [-0.2, -0.15) is 0 Å². The lowest BCUT2D eigenvalue weighted by molar-refractivity contribution is 0.627. The molecule has 3 aromatic heterocycles. The van der Waals surface area contributed by atoms with E-state index >= 15 is 0 Å². The van der Waals surface area contributed by atoms with E-state index in [0.29, 0.717) is 33.0 Å². The smallest absolute Gasteiger partial charge is 0.272 e. The second kappa shape index (κ2) is 7.02. The molecule has 0 aliphatic heterocycles. The maximum Gasteiger partial charge on any atom is 0.272 e. The molecule has 0 saturated heterocycles. The van der Waals surface area contributed by atoms with Gasteiger partial charge in [0.05, 0.1) is 5.52 Å². The van der Waals surface area contributed by atoms with Crippen molar-refractivity contribution in [3.05, 3.63) is 56.4 Å².